The molecule has 0 bridgehead atoms. The van der Waals surface area contributed by atoms with Crippen molar-refractivity contribution in [3.8, 4) is 0 Å². The molecule has 1 aromatic heterocycles. The molecule has 5 N–H and O–H groups in total. The number of hydrogen-bond acceptors (Lipinski definition) is 7. The number of aliphatic hydroxyl groups is 2. The zero-order valence-corrected chi connectivity index (χ0v) is 13.9. The zero-order chi connectivity index (χ0) is 18.7. The van der Waals surface area contributed by atoms with E-state index in [4.69, 9.17) is 15.6 Å². The second kappa shape index (κ2) is 7.75. The molecule has 0 spiro atoms. The lowest BCUT2D eigenvalue weighted by Crippen LogP contribution is -2.28. The summed E-state index contributed by atoms with van der Waals surface area (Å²) in [7, 11) is 0. The van der Waals surface area contributed by atoms with Gasteiger partial charge in [-0.2, -0.15) is 4.98 Å². The van der Waals surface area contributed by atoms with E-state index < -0.39 is 30.0 Å². The van der Waals surface area contributed by atoms with Crippen molar-refractivity contribution in [1.29, 1.82) is 0 Å². The molecular weight excluding hydrogens is 340 g/mol. The summed E-state index contributed by atoms with van der Waals surface area (Å²) in [5.41, 5.74) is 6.22. The van der Waals surface area contributed by atoms with Gasteiger partial charge in [0.05, 0.1) is 12.7 Å². The number of anilines is 1. The number of carbonyl (C=O) groups is 1. The Kier molecular flexibility index (Phi) is 5.43. The molecule has 0 saturated carbocycles. The number of aliphatic hydroxyl groups excluding tert-OH is 2. The largest absolute Gasteiger partial charge is 0.394 e. The summed E-state index contributed by atoms with van der Waals surface area (Å²) in [6.07, 6.45) is -0.697. The minimum Gasteiger partial charge on any atom is -0.394 e. The fraction of sp³-hybridized carbons (Fsp3) is 0.353. The summed E-state index contributed by atoms with van der Waals surface area (Å²) in [5, 5.41) is 21.4. The summed E-state index contributed by atoms with van der Waals surface area (Å²) >= 11 is 0. The number of ether oxygens (including phenoxy) is 1. The number of benzene rings is 1. The first-order chi connectivity index (χ1) is 12.5. The third kappa shape index (κ3) is 3.81. The van der Waals surface area contributed by atoms with E-state index in [1.165, 1.54) is 16.8 Å². The highest BCUT2D eigenvalue weighted by atomic mass is 16.5. The average molecular weight is 360 g/mol. The van der Waals surface area contributed by atoms with E-state index in [2.05, 4.69) is 10.3 Å². The summed E-state index contributed by atoms with van der Waals surface area (Å²) < 4.78 is 6.64. The Labute approximate surface area is 149 Å². The number of rotatable bonds is 5. The Morgan fingerprint density at radius 1 is 1.35 bits per heavy atom. The average Bonchev–Trinajstić information content (AvgIpc) is 3.02. The van der Waals surface area contributed by atoms with Crippen LogP contribution in [0.4, 0.5) is 5.82 Å². The van der Waals surface area contributed by atoms with E-state index in [0.29, 0.717) is 12.1 Å². The molecule has 0 aliphatic carbocycles. The minimum absolute atomic E-state index is 0.108. The SMILES string of the molecule is NCc1ccc(C(=O)Nc2ccn([C@H]3C[C@@H](O)[C@@H](CO)O3)c(=O)n2)cc1. The van der Waals surface area contributed by atoms with Crippen molar-refractivity contribution in [2.45, 2.75) is 31.4 Å². The molecule has 9 nitrogen and oxygen atoms in total. The first-order valence-electron chi connectivity index (χ1n) is 8.15. The maximum atomic E-state index is 12.2. The van der Waals surface area contributed by atoms with Crippen LogP contribution >= 0.6 is 0 Å². The second-order valence-electron chi connectivity index (χ2n) is 5.97. The van der Waals surface area contributed by atoms with E-state index in [1.54, 1.807) is 24.3 Å². The Morgan fingerprint density at radius 2 is 2.08 bits per heavy atom. The second-order valence-corrected chi connectivity index (χ2v) is 5.97. The number of hydrogen-bond donors (Lipinski definition) is 4. The standard InChI is InChI=1S/C17H20N4O5/c18-8-10-1-3-11(4-2-10)16(24)19-14-5-6-21(17(25)20-14)15-7-12(23)13(9-22)26-15/h1-6,12-13,15,22-23H,7-9,18H2,(H,19,20,24,25)/t12-,13-,15-/m1/s1. The van der Waals surface area contributed by atoms with Crippen LogP contribution in [0.2, 0.25) is 0 Å². The van der Waals surface area contributed by atoms with Crippen molar-refractivity contribution < 1.29 is 19.7 Å². The van der Waals surface area contributed by atoms with Gasteiger partial charge in [-0.3, -0.25) is 9.36 Å². The molecule has 9 heteroatoms. The summed E-state index contributed by atoms with van der Waals surface area (Å²) in [4.78, 5) is 28.2. The number of aromatic nitrogens is 2. The summed E-state index contributed by atoms with van der Waals surface area (Å²) in [5.74, 6) is -0.289. The Balaban J connectivity index is 1.71. The van der Waals surface area contributed by atoms with Crippen LogP contribution in [0.1, 0.15) is 28.6 Å². The van der Waals surface area contributed by atoms with Gasteiger partial charge in [0.2, 0.25) is 0 Å². The molecule has 3 atom stereocenters. The fourth-order valence-electron chi connectivity index (χ4n) is 2.73. The number of nitrogens with zero attached hydrogens (tertiary/aromatic N) is 2. The number of carbonyl (C=O) groups excluding carboxylic acids is 1. The van der Waals surface area contributed by atoms with E-state index in [0.717, 1.165) is 5.56 Å². The van der Waals surface area contributed by atoms with Gasteiger partial charge in [0, 0.05) is 24.7 Å². The van der Waals surface area contributed by atoms with Crippen molar-refractivity contribution >= 4 is 11.7 Å². The fourth-order valence-corrected chi connectivity index (χ4v) is 2.73. The van der Waals surface area contributed by atoms with Crippen LogP contribution in [0.5, 0.6) is 0 Å². The third-order valence-electron chi connectivity index (χ3n) is 4.22. The first-order valence-corrected chi connectivity index (χ1v) is 8.15. The molecule has 2 aromatic rings. The highest BCUT2D eigenvalue weighted by Crippen LogP contribution is 2.27. The van der Waals surface area contributed by atoms with E-state index >= 15 is 0 Å². The number of nitrogens with one attached hydrogen (secondary N) is 1. The van der Waals surface area contributed by atoms with E-state index in [1.807, 2.05) is 0 Å². The molecule has 0 unspecified atom stereocenters. The van der Waals surface area contributed by atoms with Gasteiger partial charge in [-0.25, -0.2) is 4.79 Å². The molecule has 1 aromatic carbocycles. The summed E-state index contributed by atoms with van der Waals surface area (Å²) in [6, 6.07) is 8.25. The van der Waals surface area contributed by atoms with Crippen LogP contribution in [0.25, 0.3) is 0 Å². The van der Waals surface area contributed by atoms with Crippen molar-refractivity contribution in [1.82, 2.24) is 9.55 Å². The monoisotopic (exact) mass is 360 g/mol. The van der Waals surface area contributed by atoms with E-state index in [9.17, 15) is 14.7 Å². The van der Waals surface area contributed by atoms with Gasteiger partial charge in [0.1, 0.15) is 18.1 Å². The van der Waals surface area contributed by atoms with Crippen molar-refractivity contribution in [3.63, 3.8) is 0 Å². The Morgan fingerprint density at radius 3 is 2.65 bits per heavy atom. The first kappa shape index (κ1) is 18.2. The lowest BCUT2D eigenvalue weighted by molar-refractivity contribution is -0.0458. The molecule has 1 aliphatic rings. The minimum atomic E-state index is -0.854. The van der Waals surface area contributed by atoms with Crippen LogP contribution in [0.3, 0.4) is 0 Å². The highest BCUT2D eigenvalue weighted by Gasteiger charge is 2.34. The summed E-state index contributed by atoms with van der Waals surface area (Å²) in [6.45, 7) is 0.0493. The predicted molar refractivity (Wildman–Crippen MR) is 92.4 cm³/mol. The van der Waals surface area contributed by atoms with Gasteiger partial charge in [0.15, 0.2) is 0 Å². The van der Waals surface area contributed by atoms with Crippen molar-refractivity contribution in [3.05, 3.63) is 58.1 Å². The molecular formula is C17H20N4O5. The van der Waals surface area contributed by atoms with Crippen LogP contribution in [-0.4, -0.2) is 44.5 Å². The van der Waals surface area contributed by atoms with Gasteiger partial charge in [0.25, 0.3) is 5.91 Å². The zero-order valence-electron chi connectivity index (χ0n) is 13.9. The maximum absolute atomic E-state index is 12.2. The lowest BCUT2D eigenvalue weighted by Gasteiger charge is -2.14. The third-order valence-corrected chi connectivity index (χ3v) is 4.22. The van der Waals surface area contributed by atoms with Crippen LogP contribution in [0, 0.1) is 0 Å². The molecule has 1 saturated heterocycles. The lowest BCUT2D eigenvalue weighted by atomic mass is 10.1. The van der Waals surface area contributed by atoms with Gasteiger partial charge < -0.3 is 26.0 Å². The van der Waals surface area contributed by atoms with Gasteiger partial charge in [-0.05, 0) is 23.8 Å². The topological polar surface area (TPSA) is 140 Å². The maximum Gasteiger partial charge on any atom is 0.351 e. The van der Waals surface area contributed by atoms with Crippen LogP contribution < -0.4 is 16.7 Å². The molecule has 1 aliphatic heterocycles. The molecule has 26 heavy (non-hydrogen) atoms. The van der Waals surface area contributed by atoms with Gasteiger partial charge in [-0.1, -0.05) is 12.1 Å². The van der Waals surface area contributed by atoms with Crippen molar-refractivity contribution in [2.24, 2.45) is 5.73 Å². The van der Waals surface area contributed by atoms with Crippen molar-refractivity contribution in [2.75, 3.05) is 11.9 Å². The molecule has 3 rings (SSSR count). The van der Waals surface area contributed by atoms with Crippen LogP contribution in [0.15, 0.2) is 41.3 Å². The predicted octanol–water partition coefficient (Wildman–Crippen LogP) is -0.405. The quantitative estimate of drug-likeness (QED) is 0.568. The smallest absolute Gasteiger partial charge is 0.351 e. The van der Waals surface area contributed by atoms with Gasteiger partial charge in [-0.15, -0.1) is 0 Å². The van der Waals surface area contributed by atoms with Gasteiger partial charge >= 0.3 is 5.69 Å². The Hall–Kier alpha value is -2.59. The molecule has 0 radical (unpaired) electrons. The molecule has 1 fully saturated rings. The van der Waals surface area contributed by atoms with Crippen LogP contribution in [-0.2, 0) is 11.3 Å². The molecule has 2 heterocycles. The molecule has 1 amide bonds. The highest BCUT2D eigenvalue weighted by molar-refractivity contribution is 6.03. The number of amides is 1. The van der Waals surface area contributed by atoms with E-state index in [-0.39, 0.29) is 18.8 Å². The normalized spacial score (nSPS) is 22.3. The number of nitrogens with two attached hydrogens (primary N) is 1. The molecule has 138 valence electrons. The Bertz CT molecular complexity index is 836.